The third kappa shape index (κ3) is 4.47. The summed E-state index contributed by atoms with van der Waals surface area (Å²) in [6.45, 7) is 0.309. The molecule has 1 aromatic heterocycles. The number of halogens is 5. The zero-order valence-electron chi connectivity index (χ0n) is 13.9. The number of carbonyl (C=O) groups excluding carboxylic acids is 1. The SMILES string of the molecule is O=C(NCC1CCC1)c1cnc(Nc2cccc(Cl)c2F)nc1C(F)(F)F. The van der Waals surface area contributed by atoms with Crippen molar-refractivity contribution in [2.45, 2.75) is 25.4 Å². The number of aromatic nitrogens is 2. The van der Waals surface area contributed by atoms with Gasteiger partial charge in [0.1, 0.15) is 0 Å². The summed E-state index contributed by atoms with van der Waals surface area (Å²) in [5.74, 6) is -1.96. The molecule has 3 rings (SSSR count). The molecule has 0 atom stereocenters. The fourth-order valence-corrected chi connectivity index (χ4v) is 2.75. The van der Waals surface area contributed by atoms with E-state index in [1.807, 2.05) is 0 Å². The number of alkyl halides is 3. The van der Waals surface area contributed by atoms with Gasteiger partial charge >= 0.3 is 6.18 Å². The molecule has 144 valence electrons. The van der Waals surface area contributed by atoms with E-state index in [2.05, 4.69) is 20.6 Å². The summed E-state index contributed by atoms with van der Waals surface area (Å²) >= 11 is 5.64. The fourth-order valence-electron chi connectivity index (χ4n) is 2.57. The maximum Gasteiger partial charge on any atom is 0.434 e. The van der Waals surface area contributed by atoms with Gasteiger partial charge in [-0.15, -0.1) is 0 Å². The van der Waals surface area contributed by atoms with Gasteiger partial charge in [-0.3, -0.25) is 4.79 Å². The molecule has 0 spiro atoms. The van der Waals surface area contributed by atoms with Gasteiger partial charge in [0.2, 0.25) is 5.95 Å². The van der Waals surface area contributed by atoms with Crippen LogP contribution in [0.15, 0.2) is 24.4 Å². The molecular formula is C17H15ClF4N4O. The van der Waals surface area contributed by atoms with Crippen LogP contribution in [-0.2, 0) is 6.18 Å². The second-order valence-electron chi connectivity index (χ2n) is 6.19. The highest BCUT2D eigenvalue weighted by Gasteiger charge is 2.38. The van der Waals surface area contributed by atoms with Crippen LogP contribution in [0.3, 0.4) is 0 Å². The van der Waals surface area contributed by atoms with Crippen LogP contribution in [0.25, 0.3) is 0 Å². The zero-order valence-corrected chi connectivity index (χ0v) is 14.7. The molecule has 10 heteroatoms. The molecule has 0 saturated heterocycles. The summed E-state index contributed by atoms with van der Waals surface area (Å²) < 4.78 is 54.0. The third-order valence-corrected chi connectivity index (χ3v) is 4.57. The highest BCUT2D eigenvalue weighted by Crippen LogP contribution is 2.32. The van der Waals surface area contributed by atoms with Crippen molar-refractivity contribution < 1.29 is 22.4 Å². The van der Waals surface area contributed by atoms with Gasteiger partial charge in [-0.05, 0) is 30.9 Å². The number of nitrogens with one attached hydrogen (secondary N) is 2. The van der Waals surface area contributed by atoms with Gasteiger partial charge in [-0.2, -0.15) is 13.2 Å². The number of amides is 1. The Morgan fingerprint density at radius 3 is 2.67 bits per heavy atom. The monoisotopic (exact) mass is 402 g/mol. The summed E-state index contributed by atoms with van der Waals surface area (Å²) in [7, 11) is 0. The number of carbonyl (C=O) groups is 1. The lowest BCUT2D eigenvalue weighted by atomic mass is 9.85. The molecule has 0 radical (unpaired) electrons. The van der Waals surface area contributed by atoms with E-state index >= 15 is 0 Å². The number of hydrogen-bond acceptors (Lipinski definition) is 4. The van der Waals surface area contributed by atoms with Crippen molar-refractivity contribution in [2.24, 2.45) is 5.92 Å². The number of benzene rings is 1. The first-order chi connectivity index (χ1) is 12.8. The Morgan fingerprint density at radius 2 is 2.04 bits per heavy atom. The Morgan fingerprint density at radius 1 is 1.30 bits per heavy atom. The molecule has 27 heavy (non-hydrogen) atoms. The zero-order chi connectivity index (χ0) is 19.6. The minimum Gasteiger partial charge on any atom is -0.352 e. The van der Waals surface area contributed by atoms with Crippen molar-refractivity contribution in [2.75, 3.05) is 11.9 Å². The number of hydrogen-bond donors (Lipinski definition) is 2. The lowest BCUT2D eigenvalue weighted by Crippen LogP contribution is -2.33. The Bertz CT molecular complexity index is 855. The molecule has 1 amide bonds. The molecular weight excluding hydrogens is 388 g/mol. The van der Waals surface area contributed by atoms with E-state index in [1.165, 1.54) is 18.2 Å². The molecule has 1 fully saturated rings. The quantitative estimate of drug-likeness (QED) is 0.719. The number of nitrogens with zero attached hydrogens (tertiary/aromatic N) is 2. The van der Waals surface area contributed by atoms with Crippen molar-refractivity contribution in [3.05, 3.63) is 46.5 Å². The smallest absolute Gasteiger partial charge is 0.352 e. The Balaban J connectivity index is 1.85. The second-order valence-corrected chi connectivity index (χ2v) is 6.59. The van der Waals surface area contributed by atoms with Crippen molar-refractivity contribution in [1.29, 1.82) is 0 Å². The van der Waals surface area contributed by atoms with E-state index in [-0.39, 0.29) is 16.6 Å². The van der Waals surface area contributed by atoms with E-state index in [9.17, 15) is 22.4 Å². The molecule has 1 saturated carbocycles. The maximum absolute atomic E-state index is 13.9. The summed E-state index contributed by atoms with van der Waals surface area (Å²) in [5.41, 5.74) is -2.26. The Hall–Kier alpha value is -2.42. The van der Waals surface area contributed by atoms with E-state index in [0.717, 1.165) is 25.5 Å². The topological polar surface area (TPSA) is 66.9 Å². The summed E-state index contributed by atoms with van der Waals surface area (Å²) in [6.07, 6.45) is -1.17. The molecule has 2 N–H and O–H groups in total. The van der Waals surface area contributed by atoms with Gasteiger partial charge in [-0.1, -0.05) is 24.1 Å². The normalized spacial score (nSPS) is 14.6. The molecule has 1 aliphatic carbocycles. The molecule has 1 aliphatic rings. The molecule has 5 nitrogen and oxygen atoms in total. The molecule has 0 unspecified atom stereocenters. The highest BCUT2D eigenvalue weighted by atomic mass is 35.5. The number of anilines is 2. The van der Waals surface area contributed by atoms with Crippen LogP contribution in [-0.4, -0.2) is 22.4 Å². The Labute approximate surface area is 157 Å². The number of rotatable bonds is 5. The van der Waals surface area contributed by atoms with E-state index < -0.39 is 35.1 Å². The van der Waals surface area contributed by atoms with Crippen LogP contribution in [0.4, 0.5) is 29.2 Å². The molecule has 0 aliphatic heterocycles. The van der Waals surface area contributed by atoms with Crippen LogP contribution in [0.5, 0.6) is 0 Å². The van der Waals surface area contributed by atoms with Crippen molar-refractivity contribution >= 4 is 29.1 Å². The molecule has 0 bridgehead atoms. The van der Waals surface area contributed by atoms with Gasteiger partial charge in [0, 0.05) is 12.7 Å². The summed E-state index contributed by atoms with van der Waals surface area (Å²) in [6, 6.07) is 3.98. The largest absolute Gasteiger partial charge is 0.434 e. The molecule has 2 aromatic rings. The predicted molar refractivity (Wildman–Crippen MR) is 91.4 cm³/mol. The van der Waals surface area contributed by atoms with Crippen LogP contribution in [0.2, 0.25) is 5.02 Å². The highest BCUT2D eigenvalue weighted by molar-refractivity contribution is 6.31. The first kappa shape index (κ1) is 19.3. The average molecular weight is 403 g/mol. The third-order valence-electron chi connectivity index (χ3n) is 4.28. The van der Waals surface area contributed by atoms with Gasteiger partial charge in [0.25, 0.3) is 5.91 Å². The first-order valence-corrected chi connectivity index (χ1v) is 8.57. The second kappa shape index (κ2) is 7.67. The van der Waals surface area contributed by atoms with Gasteiger partial charge in [-0.25, -0.2) is 14.4 Å². The van der Waals surface area contributed by atoms with E-state index in [4.69, 9.17) is 11.6 Å². The van der Waals surface area contributed by atoms with Gasteiger partial charge in [0.15, 0.2) is 11.5 Å². The molecule has 1 heterocycles. The lowest BCUT2D eigenvalue weighted by Gasteiger charge is -2.25. The minimum absolute atomic E-state index is 0.183. The van der Waals surface area contributed by atoms with E-state index in [1.54, 1.807) is 0 Å². The van der Waals surface area contributed by atoms with Crippen molar-refractivity contribution in [3.8, 4) is 0 Å². The van der Waals surface area contributed by atoms with Crippen molar-refractivity contribution in [3.63, 3.8) is 0 Å². The van der Waals surface area contributed by atoms with Crippen LogP contribution in [0, 0.1) is 11.7 Å². The van der Waals surface area contributed by atoms with Gasteiger partial charge in [0.05, 0.1) is 16.3 Å². The predicted octanol–water partition coefficient (Wildman–Crippen LogP) is 4.56. The standard InChI is InChI=1S/C17H15ClF4N4O/c18-11-5-2-6-12(13(11)19)25-16-24-8-10(14(26-16)17(20,21)22)15(27)23-7-9-3-1-4-9/h2,5-6,8-9H,1,3-4,7H2,(H,23,27)(H,24,25,26). The van der Waals surface area contributed by atoms with Crippen LogP contribution in [0.1, 0.15) is 35.3 Å². The minimum atomic E-state index is -4.88. The fraction of sp³-hybridized carbons (Fsp3) is 0.353. The summed E-state index contributed by atoms with van der Waals surface area (Å²) in [5, 5.41) is 4.62. The van der Waals surface area contributed by atoms with Crippen molar-refractivity contribution in [1.82, 2.24) is 15.3 Å². The average Bonchev–Trinajstić information content (AvgIpc) is 2.56. The summed E-state index contributed by atoms with van der Waals surface area (Å²) in [4.78, 5) is 19.2. The lowest BCUT2D eigenvalue weighted by molar-refractivity contribution is -0.141. The molecule has 1 aromatic carbocycles. The van der Waals surface area contributed by atoms with Gasteiger partial charge < -0.3 is 10.6 Å². The maximum atomic E-state index is 13.9. The first-order valence-electron chi connectivity index (χ1n) is 8.19. The Kier molecular flexibility index (Phi) is 5.50. The van der Waals surface area contributed by atoms with E-state index in [0.29, 0.717) is 6.54 Å². The van der Waals surface area contributed by atoms with Crippen LogP contribution >= 0.6 is 11.6 Å². The van der Waals surface area contributed by atoms with Crippen LogP contribution < -0.4 is 10.6 Å².